The van der Waals surface area contributed by atoms with Crippen molar-refractivity contribution in [2.24, 2.45) is 5.92 Å². The number of ketones is 1. The Balaban J connectivity index is 2.07. The van der Waals surface area contributed by atoms with Crippen molar-refractivity contribution in [3.05, 3.63) is 22.2 Å². The molecule has 0 aromatic heterocycles. The van der Waals surface area contributed by atoms with Gasteiger partial charge in [0.1, 0.15) is 6.10 Å². The van der Waals surface area contributed by atoms with Gasteiger partial charge in [-0.05, 0) is 47.8 Å². The first-order chi connectivity index (χ1) is 11.0. The summed E-state index contributed by atoms with van der Waals surface area (Å²) in [4.78, 5) is 39.0. The molecule has 1 saturated carbocycles. The summed E-state index contributed by atoms with van der Waals surface area (Å²) in [5.41, 5.74) is 0.694. The summed E-state index contributed by atoms with van der Waals surface area (Å²) >= 11 is 3.35. The third-order valence-corrected chi connectivity index (χ3v) is 4.58. The highest BCUT2D eigenvalue weighted by Gasteiger charge is 2.47. The third kappa shape index (κ3) is 2.63. The van der Waals surface area contributed by atoms with Crippen molar-refractivity contribution in [3.8, 4) is 5.75 Å². The SMILES string of the molecule is CCN1C(=O)C(C(=O)OC2CC2)C(=O)c2ccc(Br)c(OC)c21. The van der Waals surface area contributed by atoms with Crippen LogP contribution in [0.5, 0.6) is 5.75 Å². The fraction of sp³-hybridized carbons (Fsp3) is 0.438. The molecule has 2 aliphatic rings. The fourth-order valence-corrected chi connectivity index (χ4v) is 3.16. The number of methoxy groups -OCH3 is 1. The van der Waals surface area contributed by atoms with Gasteiger partial charge >= 0.3 is 5.97 Å². The Morgan fingerprint density at radius 2 is 2.04 bits per heavy atom. The molecule has 6 nitrogen and oxygen atoms in total. The monoisotopic (exact) mass is 381 g/mol. The van der Waals surface area contributed by atoms with Crippen LogP contribution in [0.2, 0.25) is 0 Å². The van der Waals surface area contributed by atoms with Gasteiger partial charge in [-0.3, -0.25) is 14.4 Å². The molecule has 7 heteroatoms. The average molecular weight is 382 g/mol. The van der Waals surface area contributed by atoms with E-state index in [9.17, 15) is 14.4 Å². The number of halogens is 1. The van der Waals surface area contributed by atoms with Gasteiger partial charge in [-0.25, -0.2) is 0 Å². The van der Waals surface area contributed by atoms with Crippen molar-refractivity contribution < 1.29 is 23.9 Å². The summed E-state index contributed by atoms with van der Waals surface area (Å²) < 4.78 is 11.2. The van der Waals surface area contributed by atoms with E-state index in [1.165, 1.54) is 12.0 Å². The number of hydrogen-bond donors (Lipinski definition) is 0. The molecule has 0 spiro atoms. The van der Waals surface area contributed by atoms with Gasteiger partial charge in [-0.15, -0.1) is 0 Å². The van der Waals surface area contributed by atoms with E-state index in [1.807, 2.05) is 0 Å². The Labute approximate surface area is 141 Å². The van der Waals surface area contributed by atoms with E-state index in [4.69, 9.17) is 9.47 Å². The third-order valence-electron chi connectivity index (χ3n) is 3.96. The van der Waals surface area contributed by atoms with E-state index >= 15 is 0 Å². The maximum Gasteiger partial charge on any atom is 0.326 e. The van der Waals surface area contributed by atoms with Gasteiger partial charge in [0.2, 0.25) is 5.91 Å². The lowest BCUT2D eigenvalue weighted by molar-refractivity contribution is -0.150. The number of amides is 1. The highest BCUT2D eigenvalue weighted by atomic mass is 79.9. The minimum Gasteiger partial charge on any atom is -0.493 e. The van der Waals surface area contributed by atoms with Gasteiger partial charge in [0.05, 0.1) is 17.3 Å². The van der Waals surface area contributed by atoms with E-state index in [-0.39, 0.29) is 6.10 Å². The highest BCUT2D eigenvalue weighted by molar-refractivity contribution is 9.10. The molecule has 0 radical (unpaired) electrons. The molecule has 1 aromatic carbocycles. The predicted octanol–water partition coefficient (Wildman–Crippen LogP) is 2.33. The Hall–Kier alpha value is -1.89. The number of carbonyl (C=O) groups is 3. The second-order valence-electron chi connectivity index (χ2n) is 5.49. The molecule has 1 unspecified atom stereocenters. The van der Waals surface area contributed by atoms with Crippen LogP contribution in [0.1, 0.15) is 30.1 Å². The van der Waals surface area contributed by atoms with Crippen LogP contribution in [0.4, 0.5) is 5.69 Å². The molecule has 1 aliphatic carbocycles. The number of hydrogen-bond acceptors (Lipinski definition) is 5. The molecule has 1 aromatic rings. The van der Waals surface area contributed by atoms with Gasteiger partial charge in [0, 0.05) is 12.1 Å². The Bertz CT molecular complexity index is 698. The number of Topliss-reactive ketones (excluding diaryl/α,β-unsaturated/α-hetero) is 1. The second kappa shape index (κ2) is 5.96. The Kier molecular flexibility index (Phi) is 4.14. The number of esters is 1. The van der Waals surface area contributed by atoms with Crippen molar-refractivity contribution in [3.63, 3.8) is 0 Å². The molecule has 0 bridgehead atoms. The molecule has 1 atom stereocenters. The number of ether oxygens (including phenoxy) is 2. The summed E-state index contributed by atoms with van der Waals surface area (Å²) in [6.07, 6.45) is 1.42. The molecule has 122 valence electrons. The molecule has 1 heterocycles. The molecule has 1 amide bonds. The van der Waals surface area contributed by atoms with E-state index in [0.29, 0.717) is 28.0 Å². The topological polar surface area (TPSA) is 72.9 Å². The number of nitrogens with zero attached hydrogens (tertiary/aromatic N) is 1. The fourth-order valence-electron chi connectivity index (χ4n) is 2.68. The van der Waals surface area contributed by atoms with Gasteiger partial charge in [-0.2, -0.15) is 0 Å². The molecule has 3 rings (SSSR count). The number of fused-ring (bicyclic) bond motifs is 1. The molecule has 1 fully saturated rings. The zero-order valence-corrected chi connectivity index (χ0v) is 14.4. The maximum atomic E-state index is 12.7. The number of carbonyl (C=O) groups excluding carboxylic acids is 3. The van der Waals surface area contributed by atoms with Crippen LogP contribution in [0, 0.1) is 5.92 Å². The number of anilines is 1. The first-order valence-electron chi connectivity index (χ1n) is 7.42. The largest absolute Gasteiger partial charge is 0.493 e. The van der Waals surface area contributed by atoms with Gasteiger partial charge in [0.25, 0.3) is 0 Å². The van der Waals surface area contributed by atoms with Crippen molar-refractivity contribution >= 4 is 39.3 Å². The van der Waals surface area contributed by atoms with Crippen molar-refractivity contribution in [2.45, 2.75) is 25.9 Å². The van der Waals surface area contributed by atoms with Crippen molar-refractivity contribution in [1.29, 1.82) is 0 Å². The first-order valence-corrected chi connectivity index (χ1v) is 8.21. The lowest BCUT2D eigenvalue weighted by Gasteiger charge is -2.33. The lowest BCUT2D eigenvalue weighted by atomic mass is 9.89. The summed E-state index contributed by atoms with van der Waals surface area (Å²) in [6, 6.07) is 3.26. The molecule has 0 N–H and O–H groups in total. The second-order valence-corrected chi connectivity index (χ2v) is 6.35. The van der Waals surface area contributed by atoms with Crippen LogP contribution in [0.25, 0.3) is 0 Å². The minimum absolute atomic E-state index is 0.154. The quantitative estimate of drug-likeness (QED) is 0.591. The first kappa shape index (κ1) is 16.0. The molecular formula is C16H16BrNO5. The molecule has 1 aliphatic heterocycles. The summed E-state index contributed by atoms with van der Waals surface area (Å²) in [6.45, 7) is 2.10. The van der Waals surface area contributed by atoms with Crippen LogP contribution >= 0.6 is 15.9 Å². The normalized spacial score (nSPS) is 20.3. The molecule has 23 heavy (non-hydrogen) atoms. The van der Waals surface area contributed by atoms with Gasteiger partial charge in [0.15, 0.2) is 17.5 Å². The molecular weight excluding hydrogens is 366 g/mol. The summed E-state index contributed by atoms with van der Waals surface area (Å²) in [5.74, 6) is -2.87. The van der Waals surface area contributed by atoms with E-state index in [2.05, 4.69) is 15.9 Å². The van der Waals surface area contributed by atoms with Crippen LogP contribution < -0.4 is 9.64 Å². The number of rotatable bonds is 4. The Morgan fingerprint density at radius 3 is 2.61 bits per heavy atom. The minimum atomic E-state index is -1.42. The standard InChI is InChI=1S/C16H16BrNO5/c1-3-18-12-9(6-7-10(17)14(12)22-2)13(19)11(15(18)20)16(21)23-8-4-5-8/h6-8,11H,3-5H2,1-2H3. The van der Waals surface area contributed by atoms with Crippen molar-refractivity contribution in [2.75, 3.05) is 18.6 Å². The zero-order chi connectivity index (χ0) is 16.7. The van der Waals surface area contributed by atoms with E-state index < -0.39 is 23.6 Å². The van der Waals surface area contributed by atoms with Crippen LogP contribution in [0.15, 0.2) is 16.6 Å². The van der Waals surface area contributed by atoms with Crippen LogP contribution in [-0.2, 0) is 14.3 Å². The van der Waals surface area contributed by atoms with Gasteiger partial charge < -0.3 is 14.4 Å². The maximum absolute atomic E-state index is 12.7. The van der Waals surface area contributed by atoms with Crippen LogP contribution in [0.3, 0.4) is 0 Å². The van der Waals surface area contributed by atoms with E-state index in [1.54, 1.807) is 19.1 Å². The van der Waals surface area contributed by atoms with E-state index in [0.717, 1.165) is 12.8 Å². The summed E-state index contributed by atoms with van der Waals surface area (Å²) in [7, 11) is 1.47. The van der Waals surface area contributed by atoms with Gasteiger partial charge in [-0.1, -0.05) is 0 Å². The summed E-state index contributed by atoms with van der Waals surface area (Å²) in [5, 5.41) is 0. The van der Waals surface area contributed by atoms with Crippen molar-refractivity contribution in [1.82, 2.24) is 0 Å². The smallest absolute Gasteiger partial charge is 0.326 e. The predicted molar refractivity (Wildman–Crippen MR) is 85.7 cm³/mol. The zero-order valence-electron chi connectivity index (χ0n) is 12.8. The average Bonchev–Trinajstić information content (AvgIpc) is 3.31. The number of benzene rings is 1. The lowest BCUT2D eigenvalue weighted by Crippen LogP contribution is -2.48. The van der Waals surface area contributed by atoms with Crippen LogP contribution in [-0.4, -0.2) is 37.4 Å². The highest BCUT2D eigenvalue weighted by Crippen LogP contribution is 2.43. The molecule has 0 saturated heterocycles. The Morgan fingerprint density at radius 1 is 1.35 bits per heavy atom.